The molecule has 1 aliphatic rings. The molecule has 0 N–H and O–H groups in total. The summed E-state index contributed by atoms with van der Waals surface area (Å²) in [4.78, 5) is 4.06. The van der Waals surface area contributed by atoms with Gasteiger partial charge in [0.2, 0.25) is 0 Å². The predicted octanol–water partition coefficient (Wildman–Crippen LogP) is 3.99. The molecule has 1 aliphatic carbocycles. The van der Waals surface area contributed by atoms with Crippen LogP contribution in [0.25, 0.3) is 11.4 Å². The van der Waals surface area contributed by atoms with E-state index in [1.165, 1.54) is 12.1 Å². The van der Waals surface area contributed by atoms with Crippen molar-refractivity contribution in [1.29, 1.82) is 0 Å². The Bertz CT molecular complexity index is 834. The Kier molecular flexibility index (Phi) is 4.65. The summed E-state index contributed by atoms with van der Waals surface area (Å²) < 4.78 is 20.7. The lowest BCUT2D eigenvalue weighted by molar-refractivity contribution is 0.343. The Hall–Kier alpha value is -2.41. The number of nitrogens with zero attached hydrogens (tertiary/aromatic N) is 4. The number of rotatable bonds is 7. The van der Waals surface area contributed by atoms with Crippen molar-refractivity contribution in [3.05, 3.63) is 54.6 Å². The van der Waals surface area contributed by atoms with Gasteiger partial charge in [-0.2, -0.15) is 0 Å². The van der Waals surface area contributed by atoms with Gasteiger partial charge in [-0.25, -0.2) is 4.39 Å². The van der Waals surface area contributed by atoms with Gasteiger partial charge in [0.25, 0.3) is 0 Å². The van der Waals surface area contributed by atoms with Crippen LogP contribution >= 0.6 is 11.8 Å². The highest BCUT2D eigenvalue weighted by Crippen LogP contribution is 2.40. The van der Waals surface area contributed by atoms with Crippen molar-refractivity contribution < 1.29 is 9.13 Å². The molecular formula is C18H17FN4OS. The highest BCUT2D eigenvalue weighted by Gasteiger charge is 2.30. The lowest BCUT2D eigenvalue weighted by atomic mass is 10.2. The maximum absolute atomic E-state index is 12.9. The molecule has 2 aromatic heterocycles. The van der Waals surface area contributed by atoms with E-state index in [0.29, 0.717) is 18.4 Å². The number of hydrogen-bond donors (Lipinski definition) is 0. The molecule has 2 heterocycles. The van der Waals surface area contributed by atoms with Crippen LogP contribution in [0, 0.1) is 5.82 Å². The van der Waals surface area contributed by atoms with Crippen molar-refractivity contribution in [2.24, 2.45) is 0 Å². The molecule has 0 radical (unpaired) electrons. The van der Waals surface area contributed by atoms with E-state index in [2.05, 4.69) is 19.7 Å². The van der Waals surface area contributed by atoms with Gasteiger partial charge in [0.05, 0.1) is 6.61 Å². The molecule has 4 rings (SSSR count). The molecule has 1 saturated carbocycles. The van der Waals surface area contributed by atoms with E-state index in [1.807, 2.05) is 12.1 Å². The van der Waals surface area contributed by atoms with E-state index < -0.39 is 0 Å². The fourth-order valence-corrected chi connectivity index (χ4v) is 3.38. The van der Waals surface area contributed by atoms with Gasteiger partial charge in [-0.05, 0) is 49.2 Å². The van der Waals surface area contributed by atoms with Gasteiger partial charge < -0.3 is 4.74 Å². The molecule has 0 bridgehead atoms. The number of thioether (sulfide) groups is 1. The predicted molar refractivity (Wildman–Crippen MR) is 94.1 cm³/mol. The zero-order valence-electron chi connectivity index (χ0n) is 13.5. The average Bonchev–Trinajstić information content (AvgIpc) is 3.40. The molecular weight excluding hydrogens is 339 g/mol. The van der Waals surface area contributed by atoms with Crippen molar-refractivity contribution in [1.82, 2.24) is 19.7 Å². The first-order valence-corrected chi connectivity index (χ1v) is 9.16. The topological polar surface area (TPSA) is 52.8 Å². The second-order valence-corrected chi connectivity index (χ2v) is 6.86. The minimum Gasteiger partial charge on any atom is -0.493 e. The molecule has 0 aliphatic heterocycles. The van der Waals surface area contributed by atoms with E-state index in [-0.39, 0.29) is 5.82 Å². The van der Waals surface area contributed by atoms with Crippen LogP contribution in [0.3, 0.4) is 0 Å². The third kappa shape index (κ3) is 3.82. The van der Waals surface area contributed by atoms with Gasteiger partial charge in [0.15, 0.2) is 11.0 Å². The van der Waals surface area contributed by atoms with Crippen LogP contribution in [-0.4, -0.2) is 32.1 Å². The Morgan fingerprint density at radius 3 is 2.56 bits per heavy atom. The third-order valence-corrected chi connectivity index (χ3v) is 4.82. The summed E-state index contributed by atoms with van der Waals surface area (Å²) in [5.74, 6) is 2.05. The minimum absolute atomic E-state index is 0.261. The number of pyridine rings is 1. The van der Waals surface area contributed by atoms with Crippen LogP contribution in [0.2, 0.25) is 0 Å². The normalized spacial score (nSPS) is 13.8. The average molecular weight is 356 g/mol. The SMILES string of the molecule is Fc1ccc(OCCSc2nnc(-c3ccncc3)n2C2CC2)cc1. The number of benzene rings is 1. The fraction of sp³-hybridized carbons (Fsp3) is 0.278. The van der Waals surface area contributed by atoms with E-state index in [1.54, 1.807) is 36.3 Å². The molecule has 5 nitrogen and oxygen atoms in total. The van der Waals surface area contributed by atoms with Crippen molar-refractivity contribution in [2.75, 3.05) is 12.4 Å². The lowest BCUT2D eigenvalue weighted by Gasteiger charge is -2.09. The summed E-state index contributed by atoms with van der Waals surface area (Å²) in [6.07, 6.45) is 5.86. The van der Waals surface area contributed by atoms with Gasteiger partial charge in [0.1, 0.15) is 11.6 Å². The van der Waals surface area contributed by atoms with Crippen LogP contribution < -0.4 is 4.74 Å². The van der Waals surface area contributed by atoms with Crippen molar-refractivity contribution in [2.45, 2.75) is 24.0 Å². The Morgan fingerprint density at radius 1 is 1.08 bits per heavy atom. The van der Waals surface area contributed by atoms with Crippen molar-refractivity contribution in [3.63, 3.8) is 0 Å². The summed E-state index contributed by atoms with van der Waals surface area (Å²) in [5.41, 5.74) is 1.03. The molecule has 0 atom stereocenters. The molecule has 7 heteroatoms. The molecule has 1 aromatic carbocycles. The van der Waals surface area contributed by atoms with E-state index in [9.17, 15) is 4.39 Å². The fourth-order valence-electron chi connectivity index (χ4n) is 2.56. The number of hydrogen-bond acceptors (Lipinski definition) is 5. The van der Waals surface area contributed by atoms with Crippen LogP contribution in [0.5, 0.6) is 5.75 Å². The molecule has 1 fully saturated rings. The van der Waals surface area contributed by atoms with E-state index in [4.69, 9.17) is 4.74 Å². The van der Waals surface area contributed by atoms with Gasteiger partial charge >= 0.3 is 0 Å². The molecule has 3 aromatic rings. The molecule has 0 unspecified atom stereocenters. The summed E-state index contributed by atoms with van der Waals surface area (Å²) in [5, 5.41) is 9.65. The summed E-state index contributed by atoms with van der Waals surface area (Å²) >= 11 is 1.63. The molecule has 25 heavy (non-hydrogen) atoms. The van der Waals surface area contributed by atoms with Gasteiger partial charge in [0, 0.05) is 29.8 Å². The maximum Gasteiger partial charge on any atom is 0.191 e. The second kappa shape index (κ2) is 7.23. The van der Waals surface area contributed by atoms with Crippen LogP contribution in [0.15, 0.2) is 53.9 Å². The van der Waals surface area contributed by atoms with Crippen LogP contribution in [0.4, 0.5) is 4.39 Å². The number of ether oxygens (including phenoxy) is 1. The smallest absolute Gasteiger partial charge is 0.191 e. The van der Waals surface area contributed by atoms with Gasteiger partial charge in [-0.15, -0.1) is 10.2 Å². The zero-order valence-corrected chi connectivity index (χ0v) is 14.3. The quantitative estimate of drug-likeness (QED) is 0.473. The van der Waals surface area contributed by atoms with E-state index >= 15 is 0 Å². The first-order chi connectivity index (χ1) is 12.3. The monoisotopic (exact) mass is 356 g/mol. The first kappa shape index (κ1) is 16.1. The number of halogens is 1. The third-order valence-electron chi connectivity index (χ3n) is 3.91. The minimum atomic E-state index is -0.261. The summed E-state index contributed by atoms with van der Waals surface area (Å²) in [7, 11) is 0. The Morgan fingerprint density at radius 2 is 1.84 bits per heavy atom. The van der Waals surface area contributed by atoms with Gasteiger partial charge in [-0.1, -0.05) is 11.8 Å². The molecule has 0 spiro atoms. The Labute approximate surface area is 149 Å². The first-order valence-electron chi connectivity index (χ1n) is 8.18. The van der Waals surface area contributed by atoms with Gasteiger partial charge in [-0.3, -0.25) is 9.55 Å². The summed E-state index contributed by atoms with van der Waals surface area (Å²) in [6.45, 7) is 0.526. The van der Waals surface area contributed by atoms with Crippen LogP contribution in [0.1, 0.15) is 18.9 Å². The summed E-state index contributed by atoms with van der Waals surface area (Å²) in [6, 6.07) is 10.5. The highest BCUT2D eigenvalue weighted by molar-refractivity contribution is 7.99. The standard InChI is InChI=1S/C18H17FN4OS/c19-14-1-5-16(6-2-14)24-11-12-25-18-22-21-17(23(18)15-3-4-15)13-7-9-20-10-8-13/h1-2,5-10,15H,3-4,11-12H2. The van der Waals surface area contributed by atoms with Crippen LogP contribution in [-0.2, 0) is 0 Å². The van der Waals surface area contributed by atoms with E-state index in [0.717, 1.165) is 35.1 Å². The second-order valence-electron chi connectivity index (χ2n) is 5.79. The largest absolute Gasteiger partial charge is 0.493 e. The van der Waals surface area contributed by atoms with Crippen molar-refractivity contribution in [3.8, 4) is 17.1 Å². The molecule has 0 saturated heterocycles. The van der Waals surface area contributed by atoms with Crippen molar-refractivity contribution >= 4 is 11.8 Å². The zero-order chi connectivity index (χ0) is 17.1. The molecule has 0 amide bonds. The lowest BCUT2D eigenvalue weighted by Crippen LogP contribution is -2.03. The highest BCUT2D eigenvalue weighted by atomic mass is 32.2. The maximum atomic E-state index is 12.9. The number of aromatic nitrogens is 4. The molecule has 128 valence electrons. The Balaban J connectivity index is 1.41.